The molecule has 0 bridgehead atoms. The second-order valence-electron chi connectivity index (χ2n) is 0. The van der Waals surface area contributed by atoms with Crippen LogP contribution in [0.15, 0.2) is 0 Å². The van der Waals surface area contributed by atoms with Gasteiger partial charge in [0.2, 0.25) is 0 Å². The molecule has 64 valence electrons. The van der Waals surface area contributed by atoms with Gasteiger partial charge in [-0.1, -0.05) is 0 Å². The maximum absolute atomic E-state index is 0. The molecular formula is H8O8Zr2. The van der Waals surface area contributed by atoms with Gasteiger partial charge in [-0.2, -0.15) is 0 Å². The Balaban J connectivity index is 0. The summed E-state index contributed by atoms with van der Waals surface area (Å²) in [5.74, 6) is 0. The molecule has 0 fully saturated rings. The second kappa shape index (κ2) is 446. The molecule has 0 unspecified atom stereocenters. The van der Waals surface area contributed by atoms with Gasteiger partial charge in [0, 0.05) is 0 Å². The van der Waals surface area contributed by atoms with Crippen LogP contribution in [-0.2, 0) is 52.4 Å². The molecule has 0 aromatic carbocycles. The van der Waals surface area contributed by atoms with Crippen molar-refractivity contribution in [3.63, 3.8) is 0 Å². The maximum atomic E-state index is 0. The molecule has 0 atom stereocenters. The van der Waals surface area contributed by atoms with E-state index in [4.69, 9.17) is 0 Å². The monoisotopic (exact) mass is 316 g/mol. The Morgan fingerprint density at radius 1 is 0.200 bits per heavy atom. The minimum absolute atomic E-state index is 0. The van der Waals surface area contributed by atoms with Gasteiger partial charge < -0.3 is 43.8 Å². The Hall–Kier alpha value is 1.45. The molecule has 0 radical (unpaired) electrons. The zero-order valence-electron chi connectivity index (χ0n) is 4.58. The van der Waals surface area contributed by atoms with Gasteiger partial charge in [0.15, 0.2) is 0 Å². The molecule has 0 rings (SSSR count). The van der Waals surface area contributed by atoms with E-state index in [1.54, 1.807) is 0 Å². The van der Waals surface area contributed by atoms with Gasteiger partial charge in [-0.25, -0.2) is 0 Å². The molecule has 0 amide bonds. The predicted molar refractivity (Wildman–Crippen MR) is 15.5 cm³/mol. The van der Waals surface area contributed by atoms with Crippen LogP contribution in [0.25, 0.3) is 0 Å². The number of rotatable bonds is 0. The minimum Gasteiger partial charge on any atom is -0.870 e. The minimum atomic E-state index is 0. The zero-order valence-corrected chi connectivity index (χ0v) is 9.49. The molecule has 0 aliphatic carbocycles. The molecule has 10 heavy (non-hydrogen) atoms. The zero-order chi connectivity index (χ0) is 0. The van der Waals surface area contributed by atoms with Crippen molar-refractivity contribution >= 4 is 0 Å². The van der Waals surface area contributed by atoms with E-state index in [1.165, 1.54) is 0 Å². The third-order valence-corrected chi connectivity index (χ3v) is 0. The second-order valence-corrected chi connectivity index (χ2v) is 0. The van der Waals surface area contributed by atoms with Crippen LogP contribution in [0.3, 0.4) is 0 Å². The average Bonchev–Trinajstić information content (AvgIpc) is 0. The van der Waals surface area contributed by atoms with Crippen LogP contribution >= 0.6 is 0 Å². The van der Waals surface area contributed by atoms with Gasteiger partial charge in [0.1, 0.15) is 0 Å². The summed E-state index contributed by atoms with van der Waals surface area (Å²) in [6.07, 6.45) is 0. The van der Waals surface area contributed by atoms with E-state index in [0.29, 0.717) is 0 Å². The van der Waals surface area contributed by atoms with Gasteiger partial charge in [0.05, 0.1) is 0 Å². The Bertz CT molecular complexity index is 7.22. The standard InChI is InChI=1S/8H2O.2Zr/h8*1H2;;/q;;;;;;;;2*+4/p-8. The smallest absolute Gasteiger partial charge is 0.870 e. The van der Waals surface area contributed by atoms with E-state index in [2.05, 4.69) is 0 Å². The summed E-state index contributed by atoms with van der Waals surface area (Å²) in [5, 5.41) is 0. The summed E-state index contributed by atoms with van der Waals surface area (Å²) < 4.78 is 0. The van der Waals surface area contributed by atoms with Crippen molar-refractivity contribution in [3.8, 4) is 0 Å². The molecule has 8 N–H and O–H groups in total. The van der Waals surface area contributed by atoms with Crippen LogP contribution in [-0.4, -0.2) is 43.8 Å². The fourth-order valence-corrected chi connectivity index (χ4v) is 0. The van der Waals surface area contributed by atoms with E-state index < -0.39 is 0 Å². The van der Waals surface area contributed by atoms with Crippen molar-refractivity contribution in [3.05, 3.63) is 0 Å². The SMILES string of the molecule is [OH-].[OH-].[OH-].[OH-].[OH-].[OH-].[OH-].[OH-].[Zr+4].[Zr+4]. The Kier molecular flexibility index (Phi) is 26600. The first kappa shape index (κ1) is 597. The van der Waals surface area contributed by atoms with Crippen molar-refractivity contribution in [2.24, 2.45) is 0 Å². The summed E-state index contributed by atoms with van der Waals surface area (Å²) in [7, 11) is 0. The topological polar surface area (TPSA) is 240 Å². The van der Waals surface area contributed by atoms with E-state index in [1.807, 2.05) is 0 Å². The third-order valence-electron chi connectivity index (χ3n) is 0. The quantitative estimate of drug-likeness (QED) is 0.511. The Morgan fingerprint density at radius 2 is 0.200 bits per heavy atom. The van der Waals surface area contributed by atoms with Gasteiger partial charge in [-0.05, 0) is 0 Å². The Morgan fingerprint density at radius 3 is 0.200 bits per heavy atom. The van der Waals surface area contributed by atoms with Crippen LogP contribution in [0.4, 0.5) is 0 Å². The maximum Gasteiger partial charge on any atom is 4.00 e. The first-order valence-corrected chi connectivity index (χ1v) is 0. The van der Waals surface area contributed by atoms with Gasteiger partial charge in [0.25, 0.3) is 0 Å². The van der Waals surface area contributed by atoms with Crippen molar-refractivity contribution in [2.75, 3.05) is 0 Å². The molecule has 0 aromatic heterocycles. The molecular weight excluding hydrogens is 310 g/mol. The first-order valence-electron chi connectivity index (χ1n) is 0. The van der Waals surface area contributed by atoms with Crippen LogP contribution in [0.5, 0.6) is 0 Å². The molecule has 0 aliphatic heterocycles. The van der Waals surface area contributed by atoms with E-state index in [9.17, 15) is 0 Å². The molecule has 8 nitrogen and oxygen atoms in total. The normalized spacial score (nSPS) is 0. The van der Waals surface area contributed by atoms with Crippen LogP contribution in [0, 0.1) is 0 Å². The van der Waals surface area contributed by atoms with Crippen molar-refractivity contribution in [2.45, 2.75) is 0 Å². The van der Waals surface area contributed by atoms with E-state index >= 15 is 0 Å². The molecule has 0 saturated heterocycles. The summed E-state index contributed by atoms with van der Waals surface area (Å²) in [5.41, 5.74) is 0. The molecule has 0 heterocycles. The summed E-state index contributed by atoms with van der Waals surface area (Å²) in [6.45, 7) is 0. The van der Waals surface area contributed by atoms with Gasteiger partial charge in [-0.3, -0.25) is 0 Å². The number of hydrogen-bond donors (Lipinski definition) is 0. The predicted octanol–water partition coefficient (Wildman–Crippen LogP) is -1.42. The fraction of sp³-hybridized carbons (Fsp3) is 0. The van der Waals surface area contributed by atoms with Crippen molar-refractivity contribution in [1.29, 1.82) is 0 Å². The molecule has 10 heteroatoms. The first-order chi connectivity index (χ1) is 0. The Labute approximate surface area is 95.7 Å². The van der Waals surface area contributed by atoms with Gasteiger partial charge >= 0.3 is 52.4 Å². The third kappa shape index (κ3) is 322. The number of hydrogen-bond acceptors (Lipinski definition) is 8. The van der Waals surface area contributed by atoms with E-state index in [-0.39, 0.29) is 96.2 Å². The van der Waals surface area contributed by atoms with E-state index in [0.717, 1.165) is 0 Å². The summed E-state index contributed by atoms with van der Waals surface area (Å²) in [6, 6.07) is 0. The van der Waals surface area contributed by atoms with Crippen molar-refractivity contribution < 1.29 is 96.2 Å². The molecule has 0 aromatic rings. The van der Waals surface area contributed by atoms with Crippen molar-refractivity contribution in [1.82, 2.24) is 0 Å². The van der Waals surface area contributed by atoms with Crippen LogP contribution in [0.2, 0.25) is 0 Å². The largest absolute Gasteiger partial charge is 4.00 e. The van der Waals surface area contributed by atoms with Crippen LogP contribution < -0.4 is 0 Å². The molecule has 0 aliphatic rings. The molecule has 0 saturated carbocycles. The molecule has 0 spiro atoms. The summed E-state index contributed by atoms with van der Waals surface area (Å²) >= 11 is 0. The van der Waals surface area contributed by atoms with Crippen LogP contribution in [0.1, 0.15) is 0 Å². The fourth-order valence-electron chi connectivity index (χ4n) is 0. The average molecular weight is 319 g/mol. The summed E-state index contributed by atoms with van der Waals surface area (Å²) in [4.78, 5) is 0. The van der Waals surface area contributed by atoms with Gasteiger partial charge in [-0.15, -0.1) is 0 Å².